The Morgan fingerprint density at radius 1 is 1.60 bits per heavy atom. The van der Waals surface area contributed by atoms with Gasteiger partial charge in [-0.05, 0) is 25.2 Å². The number of hydrogen-bond acceptors (Lipinski definition) is 2. The first-order chi connectivity index (χ1) is 7.15. The van der Waals surface area contributed by atoms with Crippen molar-refractivity contribution < 1.29 is 4.79 Å². The van der Waals surface area contributed by atoms with Crippen molar-refractivity contribution in [3.63, 3.8) is 0 Å². The zero-order valence-electron chi connectivity index (χ0n) is 9.18. The Kier molecular flexibility index (Phi) is 4.39. The van der Waals surface area contributed by atoms with Gasteiger partial charge in [0.1, 0.15) is 5.84 Å². The summed E-state index contributed by atoms with van der Waals surface area (Å²) in [6.07, 6.45) is 4.14. The van der Waals surface area contributed by atoms with Crippen molar-refractivity contribution in [3.8, 4) is 0 Å². The van der Waals surface area contributed by atoms with E-state index in [1.165, 1.54) is 0 Å². The van der Waals surface area contributed by atoms with Crippen molar-refractivity contribution in [3.05, 3.63) is 0 Å². The molecule has 1 fully saturated rings. The number of nitrogens with one attached hydrogen (secondary N) is 3. The van der Waals surface area contributed by atoms with E-state index >= 15 is 0 Å². The number of carbonyl (C=O) groups is 1. The lowest BCUT2D eigenvalue weighted by Crippen LogP contribution is -2.49. The number of unbranched alkanes of at least 4 members (excludes halogenated alkanes) is 1. The fraction of sp³-hybridized carbons (Fsp3) is 0.800. The molecule has 0 saturated heterocycles. The van der Waals surface area contributed by atoms with Gasteiger partial charge >= 0.3 is 6.03 Å². The van der Waals surface area contributed by atoms with Crippen molar-refractivity contribution in [1.29, 1.82) is 5.41 Å². The molecule has 0 aliphatic heterocycles. The molecule has 5 N–H and O–H groups in total. The molecule has 0 aromatic carbocycles. The number of amides is 2. The second-order valence-electron chi connectivity index (χ2n) is 4.02. The molecule has 1 aliphatic carbocycles. The van der Waals surface area contributed by atoms with Crippen LogP contribution in [0.5, 0.6) is 0 Å². The minimum absolute atomic E-state index is 0.0585. The molecule has 86 valence electrons. The molecule has 0 radical (unpaired) electrons. The van der Waals surface area contributed by atoms with E-state index in [-0.39, 0.29) is 17.9 Å². The summed E-state index contributed by atoms with van der Waals surface area (Å²) >= 11 is 0. The van der Waals surface area contributed by atoms with Gasteiger partial charge in [-0.3, -0.25) is 5.41 Å². The van der Waals surface area contributed by atoms with Gasteiger partial charge in [0.25, 0.3) is 0 Å². The molecule has 0 heterocycles. The van der Waals surface area contributed by atoms with Crippen molar-refractivity contribution in [2.75, 3.05) is 6.54 Å². The van der Waals surface area contributed by atoms with Crippen LogP contribution in [0.15, 0.2) is 0 Å². The monoisotopic (exact) mass is 212 g/mol. The van der Waals surface area contributed by atoms with E-state index in [1.54, 1.807) is 0 Å². The van der Waals surface area contributed by atoms with Crippen molar-refractivity contribution in [1.82, 2.24) is 10.6 Å². The number of nitrogens with two attached hydrogens (primary N) is 1. The third-order valence-corrected chi connectivity index (χ3v) is 2.53. The maximum atomic E-state index is 11.4. The lowest BCUT2D eigenvalue weighted by atomic mass is 10.2. The van der Waals surface area contributed by atoms with Crippen molar-refractivity contribution >= 4 is 11.9 Å². The fourth-order valence-corrected chi connectivity index (χ4v) is 1.45. The summed E-state index contributed by atoms with van der Waals surface area (Å²) in [5.74, 6) is 0.433. The lowest BCUT2D eigenvalue weighted by molar-refractivity contribution is 0.238. The number of urea groups is 1. The molecule has 1 atom stereocenters. The first kappa shape index (κ1) is 11.8. The summed E-state index contributed by atoms with van der Waals surface area (Å²) in [4.78, 5) is 11.4. The second kappa shape index (κ2) is 5.58. The van der Waals surface area contributed by atoms with Gasteiger partial charge in [-0.2, -0.15) is 0 Å². The van der Waals surface area contributed by atoms with E-state index in [9.17, 15) is 4.79 Å². The Balaban J connectivity index is 2.24. The highest BCUT2D eigenvalue weighted by Gasteiger charge is 2.34. The molecule has 0 spiro atoms. The van der Waals surface area contributed by atoms with E-state index in [4.69, 9.17) is 11.1 Å². The quantitative estimate of drug-likeness (QED) is 0.298. The first-order valence-electron chi connectivity index (χ1n) is 5.53. The Morgan fingerprint density at radius 2 is 2.27 bits per heavy atom. The van der Waals surface area contributed by atoms with E-state index < -0.39 is 0 Å². The van der Waals surface area contributed by atoms with Crippen LogP contribution in [-0.2, 0) is 0 Å². The van der Waals surface area contributed by atoms with Crippen molar-refractivity contribution in [2.24, 2.45) is 11.7 Å². The fourth-order valence-electron chi connectivity index (χ4n) is 1.45. The Hall–Kier alpha value is -1.26. The Morgan fingerprint density at radius 3 is 2.73 bits per heavy atom. The molecule has 0 bridgehead atoms. The summed E-state index contributed by atoms with van der Waals surface area (Å²) in [6, 6.07) is -0.484. The van der Waals surface area contributed by atoms with Crippen LogP contribution in [0.2, 0.25) is 0 Å². The summed E-state index contributed by atoms with van der Waals surface area (Å²) < 4.78 is 0. The lowest BCUT2D eigenvalue weighted by Gasteiger charge is -2.16. The summed E-state index contributed by atoms with van der Waals surface area (Å²) in [5, 5.41) is 12.9. The predicted octanol–water partition coefficient (Wildman–Crippen LogP) is 0.800. The zero-order valence-corrected chi connectivity index (χ0v) is 9.18. The van der Waals surface area contributed by atoms with Gasteiger partial charge in [0, 0.05) is 6.54 Å². The standard InChI is InChI=1S/C10H20N4O/c1-2-3-6-13-10(15)14-8(9(11)12)7-4-5-7/h7-8H,2-6H2,1H3,(H3,11,12)(H2,13,14,15). The maximum Gasteiger partial charge on any atom is 0.315 e. The van der Waals surface area contributed by atoms with Crippen LogP contribution < -0.4 is 16.4 Å². The van der Waals surface area contributed by atoms with Gasteiger partial charge < -0.3 is 16.4 Å². The molecule has 2 amide bonds. The van der Waals surface area contributed by atoms with Crippen LogP contribution in [0.25, 0.3) is 0 Å². The number of carbonyl (C=O) groups excluding carboxylic acids is 1. The highest BCUT2D eigenvalue weighted by Crippen LogP contribution is 2.32. The van der Waals surface area contributed by atoms with E-state index in [0.29, 0.717) is 12.5 Å². The Bertz CT molecular complexity index is 238. The normalized spacial score (nSPS) is 16.9. The largest absolute Gasteiger partial charge is 0.386 e. The van der Waals surface area contributed by atoms with Crippen LogP contribution in [0.4, 0.5) is 4.79 Å². The average molecular weight is 212 g/mol. The molecule has 1 rings (SSSR count). The third-order valence-electron chi connectivity index (χ3n) is 2.53. The molecule has 5 nitrogen and oxygen atoms in total. The van der Waals surface area contributed by atoms with E-state index in [0.717, 1.165) is 25.7 Å². The van der Waals surface area contributed by atoms with Crippen LogP contribution in [-0.4, -0.2) is 24.5 Å². The zero-order chi connectivity index (χ0) is 11.3. The molecule has 0 aromatic heterocycles. The van der Waals surface area contributed by atoms with Gasteiger partial charge in [0.2, 0.25) is 0 Å². The smallest absolute Gasteiger partial charge is 0.315 e. The highest BCUT2D eigenvalue weighted by molar-refractivity contribution is 5.88. The van der Waals surface area contributed by atoms with Gasteiger partial charge in [-0.25, -0.2) is 4.79 Å². The summed E-state index contributed by atoms with van der Waals surface area (Å²) in [7, 11) is 0. The minimum atomic E-state index is -0.272. The van der Waals surface area contributed by atoms with Crippen molar-refractivity contribution in [2.45, 2.75) is 38.6 Å². The SMILES string of the molecule is CCCCNC(=O)NC(C(=N)N)C1CC1. The van der Waals surface area contributed by atoms with Gasteiger partial charge in [-0.15, -0.1) is 0 Å². The molecular weight excluding hydrogens is 192 g/mol. The Labute approximate surface area is 90.3 Å². The average Bonchev–Trinajstić information content (AvgIpc) is 2.97. The topological polar surface area (TPSA) is 91.0 Å². The van der Waals surface area contributed by atoms with Gasteiger partial charge in [0.05, 0.1) is 6.04 Å². The van der Waals surface area contributed by atoms with Crippen LogP contribution >= 0.6 is 0 Å². The molecule has 1 saturated carbocycles. The second-order valence-corrected chi connectivity index (χ2v) is 4.02. The van der Waals surface area contributed by atoms with E-state index in [2.05, 4.69) is 17.6 Å². The molecule has 1 aliphatic rings. The van der Waals surface area contributed by atoms with Gasteiger partial charge in [0.15, 0.2) is 0 Å². The van der Waals surface area contributed by atoms with Crippen LogP contribution in [0.3, 0.4) is 0 Å². The van der Waals surface area contributed by atoms with Crippen LogP contribution in [0, 0.1) is 11.3 Å². The molecule has 0 aromatic rings. The predicted molar refractivity (Wildman–Crippen MR) is 59.9 cm³/mol. The number of hydrogen-bond donors (Lipinski definition) is 4. The van der Waals surface area contributed by atoms with E-state index in [1.807, 2.05) is 0 Å². The molecule has 5 heteroatoms. The summed E-state index contributed by atoms with van der Waals surface area (Å²) in [6.45, 7) is 2.75. The minimum Gasteiger partial charge on any atom is -0.386 e. The molecule has 15 heavy (non-hydrogen) atoms. The number of amidine groups is 1. The van der Waals surface area contributed by atoms with Crippen LogP contribution in [0.1, 0.15) is 32.6 Å². The molecule has 1 unspecified atom stereocenters. The molecular formula is C10H20N4O. The van der Waals surface area contributed by atoms with Gasteiger partial charge in [-0.1, -0.05) is 13.3 Å². The highest BCUT2D eigenvalue weighted by atomic mass is 16.2. The first-order valence-corrected chi connectivity index (χ1v) is 5.53. The maximum absolute atomic E-state index is 11.4. The third kappa shape index (κ3) is 4.18. The summed E-state index contributed by atoms with van der Waals surface area (Å²) in [5.41, 5.74) is 5.42. The number of rotatable bonds is 6.